The minimum absolute atomic E-state index is 0.0413. The summed E-state index contributed by atoms with van der Waals surface area (Å²) in [6.45, 7) is 5.03. The lowest BCUT2D eigenvalue weighted by Crippen LogP contribution is -2.68. The van der Waals surface area contributed by atoms with Crippen LogP contribution < -0.4 is 14.4 Å². The van der Waals surface area contributed by atoms with Gasteiger partial charge in [-0.15, -0.1) is 0 Å². The van der Waals surface area contributed by atoms with Crippen molar-refractivity contribution >= 4 is 11.3 Å². The van der Waals surface area contributed by atoms with Crippen LogP contribution in [-0.4, -0.2) is 83.7 Å². The van der Waals surface area contributed by atoms with Gasteiger partial charge in [0.1, 0.15) is 17.6 Å². The van der Waals surface area contributed by atoms with E-state index in [2.05, 4.69) is 32.0 Å². The van der Waals surface area contributed by atoms with E-state index in [9.17, 15) is 20.6 Å². The number of nitriles is 1. The zero-order valence-electron chi connectivity index (χ0n) is 23.0. The normalized spacial score (nSPS) is 19.1. The predicted molar refractivity (Wildman–Crippen MR) is 148 cm³/mol. The second kappa shape index (κ2) is 9.97. The summed E-state index contributed by atoms with van der Waals surface area (Å²) in [5, 5.41) is 44.6. The molecule has 4 aromatic heterocycles. The highest BCUT2D eigenvalue weighted by Gasteiger charge is 2.45. The molecule has 0 amide bonds. The molecule has 12 nitrogen and oxygen atoms in total. The molecule has 41 heavy (non-hydrogen) atoms. The SMILES string of the molecule is COc1ccc(CN2C3CC2CN(c2ccc(-c4cc(OC(O)(O)C(C)(C)O)cn5ncc(C#N)c45)cn2)C3)cn1. The van der Waals surface area contributed by atoms with Gasteiger partial charge in [0.05, 0.1) is 30.6 Å². The standard InChI is InChI=1S/C29H31N7O5/c1-28(2,37)29(38,39)41-23-9-24(27-20(10-30)13-33-36(27)17-23)19-5-6-25(31-12-19)34-15-21-8-22(16-34)35(21)14-18-4-7-26(40-3)32-11-18/h4-7,9,11-13,17,21-22,37-39H,8,14-16H2,1-3H3. The van der Waals surface area contributed by atoms with Gasteiger partial charge in [0.25, 0.3) is 0 Å². The molecule has 0 radical (unpaired) electrons. The van der Waals surface area contributed by atoms with E-state index in [1.54, 1.807) is 19.4 Å². The Morgan fingerprint density at radius 1 is 1.05 bits per heavy atom. The maximum absolute atomic E-state index is 10.3. The van der Waals surface area contributed by atoms with Crippen LogP contribution >= 0.6 is 0 Å². The maximum Gasteiger partial charge on any atom is 0.352 e. The summed E-state index contributed by atoms with van der Waals surface area (Å²) < 4.78 is 11.9. The second-order valence-corrected chi connectivity index (χ2v) is 11.1. The van der Waals surface area contributed by atoms with E-state index >= 15 is 0 Å². The van der Waals surface area contributed by atoms with Crippen molar-refractivity contribution in [1.29, 1.82) is 5.26 Å². The average Bonchev–Trinajstić information content (AvgIpc) is 3.38. The van der Waals surface area contributed by atoms with Crippen LogP contribution in [0.5, 0.6) is 11.6 Å². The lowest BCUT2D eigenvalue weighted by atomic mass is 9.87. The molecule has 0 aromatic carbocycles. The molecule has 4 aromatic rings. The van der Waals surface area contributed by atoms with E-state index in [-0.39, 0.29) is 5.75 Å². The lowest BCUT2D eigenvalue weighted by molar-refractivity contribution is -0.365. The van der Waals surface area contributed by atoms with Gasteiger partial charge >= 0.3 is 5.97 Å². The third-order valence-electron chi connectivity index (χ3n) is 7.86. The van der Waals surface area contributed by atoms with Crippen LogP contribution in [0.1, 0.15) is 31.4 Å². The first-order chi connectivity index (χ1) is 19.6. The van der Waals surface area contributed by atoms with Gasteiger partial charge in [-0.2, -0.15) is 10.4 Å². The lowest BCUT2D eigenvalue weighted by Gasteiger charge is -2.56. The molecule has 3 fully saturated rings. The molecule has 3 aliphatic heterocycles. The summed E-state index contributed by atoms with van der Waals surface area (Å²) >= 11 is 0. The average molecular weight is 558 g/mol. The molecule has 2 bridgehead atoms. The number of hydrogen-bond acceptors (Lipinski definition) is 11. The highest BCUT2D eigenvalue weighted by molar-refractivity contribution is 5.85. The van der Waals surface area contributed by atoms with E-state index in [1.165, 1.54) is 30.8 Å². The van der Waals surface area contributed by atoms with Crippen LogP contribution in [-0.2, 0) is 6.54 Å². The number of pyridine rings is 3. The fourth-order valence-corrected chi connectivity index (χ4v) is 5.44. The number of piperazine rings is 1. The Morgan fingerprint density at radius 3 is 2.44 bits per heavy atom. The molecule has 3 saturated heterocycles. The highest BCUT2D eigenvalue weighted by atomic mass is 16.8. The Hall–Kier alpha value is -4.28. The number of aromatic nitrogens is 4. The van der Waals surface area contributed by atoms with Gasteiger partial charge in [-0.25, -0.2) is 14.5 Å². The monoisotopic (exact) mass is 557 g/mol. The van der Waals surface area contributed by atoms with Crippen molar-refractivity contribution in [3.8, 4) is 28.8 Å². The molecule has 212 valence electrons. The summed E-state index contributed by atoms with van der Waals surface area (Å²) in [5.74, 6) is -1.35. The molecule has 3 aliphatic rings. The fourth-order valence-electron chi connectivity index (χ4n) is 5.44. The smallest absolute Gasteiger partial charge is 0.352 e. The van der Waals surface area contributed by atoms with Crippen molar-refractivity contribution in [3.63, 3.8) is 0 Å². The topological polar surface area (TPSA) is 152 Å². The molecular weight excluding hydrogens is 526 g/mol. The van der Waals surface area contributed by atoms with Gasteiger partial charge < -0.3 is 29.7 Å². The Balaban J connectivity index is 1.22. The molecule has 0 saturated carbocycles. The van der Waals surface area contributed by atoms with Crippen molar-refractivity contribution in [3.05, 3.63) is 66.2 Å². The van der Waals surface area contributed by atoms with Crippen LogP contribution in [0.15, 0.2) is 55.1 Å². The highest BCUT2D eigenvalue weighted by Crippen LogP contribution is 2.37. The van der Waals surface area contributed by atoms with E-state index < -0.39 is 11.6 Å². The Bertz CT molecular complexity index is 1590. The van der Waals surface area contributed by atoms with Crippen molar-refractivity contribution in [2.24, 2.45) is 0 Å². The first kappa shape index (κ1) is 26.9. The van der Waals surface area contributed by atoms with Crippen molar-refractivity contribution in [2.45, 2.75) is 50.5 Å². The number of rotatable bonds is 8. The molecule has 7 heterocycles. The van der Waals surface area contributed by atoms with Gasteiger partial charge in [0.15, 0.2) is 5.60 Å². The predicted octanol–water partition coefficient (Wildman–Crippen LogP) is 1.92. The zero-order valence-corrected chi connectivity index (χ0v) is 23.0. The van der Waals surface area contributed by atoms with Crippen molar-refractivity contribution < 1.29 is 24.8 Å². The molecule has 7 rings (SSSR count). The number of aliphatic hydroxyl groups is 3. The van der Waals surface area contributed by atoms with Crippen molar-refractivity contribution in [1.82, 2.24) is 24.5 Å². The van der Waals surface area contributed by atoms with Gasteiger partial charge in [0.2, 0.25) is 5.88 Å². The van der Waals surface area contributed by atoms with E-state index in [0.717, 1.165) is 37.4 Å². The van der Waals surface area contributed by atoms with Gasteiger partial charge in [-0.3, -0.25) is 4.90 Å². The maximum atomic E-state index is 10.3. The number of nitrogens with zero attached hydrogens (tertiary/aromatic N) is 7. The molecule has 3 N–H and O–H groups in total. The quantitative estimate of drug-likeness (QED) is 0.272. The van der Waals surface area contributed by atoms with Crippen molar-refractivity contribution in [2.75, 3.05) is 25.1 Å². The number of fused-ring (bicyclic) bond motifs is 3. The molecule has 2 unspecified atom stereocenters. The summed E-state index contributed by atoms with van der Waals surface area (Å²) in [6, 6.07) is 12.4. The fraction of sp³-hybridized carbons (Fsp3) is 0.379. The number of methoxy groups -OCH3 is 1. The van der Waals surface area contributed by atoms with E-state index in [1.807, 2.05) is 24.4 Å². The van der Waals surface area contributed by atoms with Crippen LogP contribution in [0, 0.1) is 11.3 Å². The minimum Gasteiger partial charge on any atom is -0.481 e. The van der Waals surface area contributed by atoms with Crippen LogP contribution in [0.2, 0.25) is 0 Å². The number of anilines is 1. The van der Waals surface area contributed by atoms with Gasteiger partial charge in [0, 0.05) is 61.3 Å². The minimum atomic E-state index is -2.86. The van der Waals surface area contributed by atoms with Crippen LogP contribution in [0.25, 0.3) is 16.6 Å². The summed E-state index contributed by atoms with van der Waals surface area (Å²) in [6.07, 6.45) is 7.60. The molecular formula is C29H31N7O5. The van der Waals surface area contributed by atoms with E-state index in [4.69, 9.17) is 14.5 Å². The Morgan fingerprint density at radius 2 is 1.83 bits per heavy atom. The molecule has 0 spiro atoms. The molecule has 2 atom stereocenters. The molecule has 12 heteroatoms. The van der Waals surface area contributed by atoms with Crippen LogP contribution in [0.4, 0.5) is 5.82 Å². The largest absolute Gasteiger partial charge is 0.481 e. The first-order valence-corrected chi connectivity index (χ1v) is 13.3. The van der Waals surface area contributed by atoms with Gasteiger partial charge in [-0.1, -0.05) is 6.07 Å². The first-order valence-electron chi connectivity index (χ1n) is 13.3. The van der Waals surface area contributed by atoms with Gasteiger partial charge in [-0.05, 0) is 44.0 Å². The zero-order chi connectivity index (χ0) is 28.9. The van der Waals surface area contributed by atoms with E-state index in [0.29, 0.717) is 40.2 Å². The number of ether oxygens (including phenoxy) is 2. The second-order valence-electron chi connectivity index (χ2n) is 11.1. The number of hydrogen-bond donors (Lipinski definition) is 3. The van der Waals surface area contributed by atoms with Crippen LogP contribution in [0.3, 0.4) is 0 Å². The summed E-state index contributed by atoms with van der Waals surface area (Å²) in [4.78, 5) is 13.9. The summed E-state index contributed by atoms with van der Waals surface area (Å²) in [5.41, 5.74) is 1.34. The Labute approximate surface area is 236 Å². The Kier molecular flexibility index (Phi) is 6.55. The third kappa shape index (κ3) is 4.93. The summed E-state index contributed by atoms with van der Waals surface area (Å²) in [7, 11) is 1.61. The third-order valence-corrected chi connectivity index (χ3v) is 7.86. The number of piperidine rings is 1. The molecule has 0 aliphatic carbocycles.